The minimum Gasteiger partial charge on any atom is -0.496 e. The second-order valence-electron chi connectivity index (χ2n) is 5.47. The van der Waals surface area contributed by atoms with Crippen molar-refractivity contribution < 1.29 is 14.3 Å². The van der Waals surface area contributed by atoms with Gasteiger partial charge in [-0.3, -0.25) is 0 Å². The Morgan fingerprint density at radius 2 is 1.92 bits per heavy atom. The average molecular weight is 346 g/mol. The largest absolute Gasteiger partial charge is 0.496 e. The van der Waals surface area contributed by atoms with Gasteiger partial charge < -0.3 is 9.47 Å². The molecule has 0 fully saturated rings. The first-order valence-corrected chi connectivity index (χ1v) is 7.85. The predicted molar refractivity (Wildman–Crippen MR) is 95.0 cm³/mol. The summed E-state index contributed by atoms with van der Waals surface area (Å²) in [5.74, 6) is 0.335. The second-order valence-corrected chi connectivity index (χ2v) is 5.47. The van der Waals surface area contributed by atoms with Crippen LogP contribution in [-0.4, -0.2) is 33.7 Å². The maximum atomic E-state index is 12.1. The Morgan fingerprint density at radius 1 is 1.12 bits per heavy atom. The van der Waals surface area contributed by atoms with Crippen LogP contribution in [0.25, 0.3) is 11.8 Å². The molecule has 4 rings (SSSR count). The maximum Gasteiger partial charge on any atom is 0.363 e. The number of aliphatic imine (C=N–C) groups is 1. The monoisotopic (exact) mass is 346 g/mol. The number of methoxy groups -OCH3 is 1. The Kier molecular flexibility index (Phi) is 4.03. The van der Waals surface area contributed by atoms with Crippen LogP contribution in [0.15, 0.2) is 71.9 Å². The van der Waals surface area contributed by atoms with Crippen molar-refractivity contribution in [2.75, 3.05) is 7.11 Å². The fourth-order valence-corrected chi connectivity index (χ4v) is 2.57. The minimum atomic E-state index is -0.494. The van der Waals surface area contributed by atoms with Crippen molar-refractivity contribution in [1.82, 2.24) is 14.8 Å². The third kappa shape index (κ3) is 2.98. The lowest BCUT2D eigenvalue weighted by atomic mass is 10.2. The standard InChI is InChI=1S/C19H14N4O3/c1-25-17-5-3-2-4-15(17)18-22-16(19(24)26-18)10-13-6-8-14(9-7-13)23-12-20-11-21-23/h2-12H,1H3. The molecule has 0 unspecified atom stereocenters. The molecular weight excluding hydrogens is 332 g/mol. The molecule has 1 aromatic heterocycles. The van der Waals surface area contributed by atoms with E-state index in [9.17, 15) is 4.79 Å². The number of esters is 1. The summed E-state index contributed by atoms with van der Waals surface area (Å²) >= 11 is 0. The van der Waals surface area contributed by atoms with Crippen LogP contribution in [-0.2, 0) is 9.53 Å². The zero-order chi connectivity index (χ0) is 17.9. The zero-order valence-corrected chi connectivity index (χ0v) is 13.9. The summed E-state index contributed by atoms with van der Waals surface area (Å²) < 4.78 is 12.2. The van der Waals surface area contributed by atoms with Gasteiger partial charge >= 0.3 is 5.97 Å². The normalized spacial score (nSPS) is 15.0. The first-order valence-electron chi connectivity index (χ1n) is 7.85. The number of ether oxygens (including phenoxy) is 2. The van der Waals surface area contributed by atoms with Crippen LogP contribution in [0.2, 0.25) is 0 Å². The lowest BCUT2D eigenvalue weighted by molar-refractivity contribution is -0.129. The van der Waals surface area contributed by atoms with Crippen molar-refractivity contribution in [2.45, 2.75) is 0 Å². The van der Waals surface area contributed by atoms with E-state index in [1.807, 2.05) is 36.4 Å². The Bertz CT molecular complexity index is 1010. The van der Waals surface area contributed by atoms with E-state index in [2.05, 4.69) is 15.1 Å². The first kappa shape index (κ1) is 15.8. The molecule has 2 aromatic carbocycles. The van der Waals surface area contributed by atoms with Crippen LogP contribution >= 0.6 is 0 Å². The van der Waals surface area contributed by atoms with E-state index in [4.69, 9.17) is 9.47 Å². The second kappa shape index (κ2) is 6.64. The van der Waals surface area contributed by atoms with Gasteiger partial charge in [-0.05, 0) is 35.9 Å². The summed E-state index contributed by atoms with van der Waals surface area (Å²) in [5.41, 5.74) is 2.57. The molecule has 2 heterocycles. The summed E-state index contributed by atoms with van der Waals surface area (Å²) in [6, 6.07) is 14.8. The van der Waals surface area contributed by atoms with Gasteiger partial charge in [-0.25, -0.2) is 19.5 Å². The number of hydrogen-bond acceptors (Lipinski definition) is 6. The summed E-state index contributed by atoms with van der Waals surface area (Å²) in [6.07, 6.45) is 4.76. The number of carbonyl (C=O) groups excluding carboxylic acids is 1. The van der Waals surface area contributed by atoms with Crippen LogP contribution in [0.4, 0.5) is 0 Å². The molecule has 0 N–H and O–H groups in total. The number of cyclic esters (lactones) is 1. The highest BCUT2D eigenvalue weighted by molar-refractivity contribution is 6.13. The first-order chi connectivity index (χ1) is 12.7. The molecule has 0 aliphatic carbocycles. The molecule has 7 nitrogen and oxygen atoms in total. The van der Waals surface area contributed by atoms with E-state index in [0.29, 0.717) is 11.3 Å². The summed E-state index contributed by atoms with van der Waals surface area (Å²) in [4.78, 5) is 20.4. The molecule has 0 amide bonds. The molecule has 0 bridgehead atoms. The van der Waals surface area contributed by atoms with Gasteiger partial charge in [0.05, 0.1) is 18.4 Å². The molecule has 0 radical (unpaired) electrons. The Hall–Kier alpha value is -3.74. The van der Waals surface area contributed by atoms with Crippen LogP contribution in [0, 0.1) is 0 Å². The van der Waals surface area contributed by atoms with Crippen molar-refractivity contribution >= 4 is 17.9 Å². The highest BCUT2D eigenvalue weighted by Crippen LogP contribution is 2.25. The van der Waals surface area contributed by atoms with E-state index >= 15 is 0 Å². The van der Waals surface area contributed by atoms with Crippen LogP contribution < -0.4 is 4.74 Å². The summed E-state index contributed by atoms with van der Waals surface area (Å²) in [6.45, 7) is 0. The van der Waals surface area contributed by atoms with E-state index < -0.39 is 5.97 Å². The van der Waals surface area contributed by atoms with Gasteiger partial charge in [0.15, 0.2) is 5.70 Å². The Morgan fingerprint density at radius 3 is 2.65 bits per heavy atom. The molecule has 7 heteroatoms. The topological polar surface area (TPSA) is 78.6 Å². The number of benzene rings is 2. The lowest BCUT2D eigenvalue weighted by Crippen LogP contribution is -2.06. The number of nitrogens with zero attached hydrogens (tertiary/aromatic N) is 4. The van der Waals surface area contributed by atoms with Gasteiger partial charge in [-0.15, -0.1) is 0 Å². The van der Waals surface area contributed by atoms with Crippen LogP contribution in [0.1, 0.15) is 11.1 Å². The number of para-hydroxylation sites is 1. The van der Waals surface area contributed by atoms with Crippen molar-refractivity contribution in [2.24, 2.45) is 4.99 Å². The molecule has 0 atom stereocenters. The van der Waals surface area contributed by atoms with Crippen molar-refractivity contribution in [3.8, 4) is 11.4 Å². The highest BCUT2D eigenvalue weighted by atomic mass is 16.6. The zero-order valence-electron chi connectivity index (χ0n) is 13.9. The fourth-order valence-electron chi connectivity index (χ4n) is 2.57. The van der Waals surface area contributed by atoms with Crippen LogP contribution in [0.5, 0.6) is 5.75 Å². The Balaban J connectivity index is 1.63. The van der Waals surface area contributed by atoms with Gasteiger partial charge in [-0.1, -0.05) is 24.3 Å². The maximum absolute atomic E-state index is 12.1. The molecule has 0 saturated carbocycles. The molecule has 26 heavy (non-hydrogen) atoms. The third-order valence-electron chi connectivity index (χ3n) is 3.84. The van der Waals surface area contributed by atoms with Crippen LogP contribution in [0.3, 0.4) is 0 Å². The van der Waals surface area contributed by atoms with E-state index in [-0.39, 0.29) is 11.6 Å². The lowest BCUT2D eigenvalue weighted by Gasteiger charge is -2.05. The van der Waals surface area contributed by atoms with E-state index in [0.717, 1.165) is 11.3 Å². The minimum absolute atomic E-state index is 0.234. The molecule has 1 aliphatic heterocycles. The smallest absolute Gasteiger partial charge is 0.363 e. The van der Waals surface area contributed by atoms with Gasteiger partial charge in [-0.2, -0.15) is 5.10 Å². The summed E-state index contributed by atoms with van der Waals surface area (Å²) in [7, 11) is 1.56. The van der Waals surface area contributed by atoms with Crippen molar-refractivity contribution in [1.29, 1.82) is 0 Å². The van der Waals surface area contributed by atoms with Gasteiger partial charge in [0.2, 0.25) is 5.90 Å². The highest BCUT2D eigenvalue weighted by Gasteiger charge is 2.26. The molecule has 3 aromatic rings. The van der Waals surface area contributed by atoms with E-state index in [1.165, 1.54) is 6.33 Å². The number of hydrogen-bond donors (Lipinski definition) is 0. The molecule has 1 aliphatic rings. The average Bonchev–Trinajstić information content (AvgIpc) is 3.33. The molecule has 128 valence electrons. The number of carbonyl (C=O) groups is 1. The SMILES string of the molecule is COc1ccccc1C1=NC(=Cc2ccc(-n3cncn3)cc2)C(=O)O1. The van der Waals surface area contributed by atoms with E-state index in [1.54, 1.807) is 36.3 Å². The summed E-state index contributed by atoms with van der Waals surface area (Å²) in [5, 5.41) is 4.07. The third-order valence-corrected chi connectivity index (χ3v) is 3.84. The van der Waals surface area contributed by atoms with Gasteiger partial charge in [0.1, 0.15) is 18.4 Å². The quantitative estimate of drug-likeness (QED) is 0.536. The molecule has 0 spiro atoms. The predicted octanol–water partition coefficient (Wildman–Crippen LogP) is 2.62. The number of rotatable bonds is 4. The van der Waals surface area contributed by atoms with Crippen molar-refractivity contribution in [3.05, 3.63) is 78.0 Å². The molecular formula is C19H14N4O3. The fraction of sp³-hybridized carbons (Fsp3) is 0.0526. The molecule has 0 saturated heterocycles. The van der Waals surface area contributed by atoms with Crippen molar-refractivity contribution in [3.63, 3.8) is 0 Å². The van der Waals surface area contributed by atoms with Gasteiger partial charge in [0.25, 0.3) is 0 Å². The van der Waals surface area contributed by atoms with Gasteiger partial charge in [0, 0.05) is 0 Å². The Labute approximate surface area is 149 Å². The number of aromatic nitrogens is 3.